The van der Waals surface area contributed by atoms with Crippen molar-refractivity contribution in [2.45, 2.75) is 17.6 Å². The van der Waals surface area contributed by atoms with Crippen LogP contribution in [0.1, 0.15) is 12.5 Å². The van der Waals surface area contributed by atoms with Gasteiger partial charge in [-0.05, 0) is 30.2 Å². The standard InChI is InChI=1S/C16H15N3O3S2/c1-2-11-5-3-4-6-14(11)19-24(21,22)16-9-12(10-23-16)13-7-8-15(20)18-17-13/h3-10,19H,2H2,1H3,(H,18,20). The van der Waals surface area contributed by atoms with Crippen LogP contribution in [0.2, 0.25) is 0 Å². The first kappa shape index (κ1) is 16.4. The Morgan fingerprint density at radius 1 is 1.21 bits per heavy atom. The second-order valence-electron chi connectivity index (χ2n) is 5.08. The van der Waals surface area contributed by atoms with Crippen LogP contribution >= 0.6 is 11.3 Å². The summed E-state index contributed by atoms with van der Waals surface area (Å²) in [6, 6.07) is 11.8. The number of sulfonamides is 1. The molecule has 0 saturated heterocycles. The van der Waals surface area contributed by atoms with E-state index < -0.39 is 10.0 Å². The summed E-state index contributed by atoms with van der Waals surface area (Å²) in [5.74, 6) is 0. The van der Waals surface area contributed by atoms with E-state index in [2.05, 4.69) is 14.9 Å². The van der Waals surface area contributed by atoms with Crippen molar-refractivity contribution >= 4 is 27.0 Å². The molecule has 1 aromatic carbocycles. The predicted octanol–water partition coefficient (Wildman–Crippen LogP) is 2.86. The minimum absolute atomic E-state index is 0.191. The van der Waals surface area contributed by atoms with Gasteiger partial charge in [-0.15, -0.1) is 11.3 Å². The molecule has 0 radical (unpaired) electrons. The SMILES string of the molecule is CCc1ccccc1NS(=O)(=O)c1cc(-c2ccc(=O)[nH]n2)cs1. The van der Waals surface area contributed by atoms with Gasteiger partial charge in [0, 0.05) is 17.0 Å². The molecule has 0 spiro atoms. The molecule has 0 unspecified atom stereocenters. The molecule has 0 aliphatic rings. The van der Waals surface area contributed by atoms with E-state index in [4.69, 9.17) is 0 Å². The van der Waals surface area contributed by atoms with E-state index in [1.54, 1.807) is 29.6 Å². The first-order chi connectivity index (χ1) is 11.5. The first-order valence-electron chi connectivity index (χ1n) is 7.25. The molecule has 0 aliphatic heterocycles. The molecule has 3 rings (SSSR count). The average Bonchev–Trinajstić information content (AvgIpc) is 3.07. The monoisotopic (exact) mass is 361 g/mol. The number of benzene rings is 1. The molecule has 0 bridgehead atoms. The lowest BCUT2D eigenvalue weighted by molar-refractivity contribution is 0.603. The van der Waals surface area contributed by atoms with Crippen LogP contribution < -0.4 is 10.3 Å². The van der Waals surface area contributed by atoms with E-state index in [9.17, 15) is 13.2 Å². The molecule has 0 atom stereocenters. The number of rotatable bonds is 5. The molecule has 0 fully saturated rings. The Balaban J connectivity index is 1.91. The summed E-state index contributed by atoms with van der Waals surface area (Å²) < 4.78 is 28.0. The van der Waals surface area contributed by atoms with Gasteiger partial charge in [0.15, 0.2) is 0 Å². The van der Waals surface area contributed by atoms with E-state index >= 15 is 0 Å². The zero-order chi connectivity index (χ0) is 17.2. The number of hydrogen-bond acceptors (Lipinski definition) is 5. The molecule has 3 aromatic rings. The maximum Gasteiger partial charge on any atom is 0.271 e. The zero-order valence-electron chi connectivity index (χ0n) is 12.8. The van der Waals surface area contributed by atoms with Crippen LogP contribution in [-0.4, -0.2) is 18.6 Å². The molecular weight excluding hydrogens is 346 g/mol. The summed E-state index contributed by atoms with van der Waals surface area (Å²) in [7, 11) is -3.67. The second-order valence-corrected chi connectivity index (χ2v) is 7.90. The highest BCUT2D eigenvalue weighted by Crippen LogP contribution is 2.29. The fourth-order valence-electron chi connectivity index (χ4n) is 2.22. The van der Waals surface area contributed by atoms with Gasteiger partial charge < -0.3 is 0 Å². The molecule has 0 saturated carbocycles. The summed E-state index contributed by atoms with van der Waals surface area (Å²) in [6.07, 6.45) is 0.732. The van der Waals surface area contributed by atoms with E-state index in [1.807, 2.05) is 19.1 Å². The number of nitrogens with zero attached hydrogens (tertiary/aromatic N) is 1. The number of aryl methyl sites for hydroxylation is 1. The first-order valence-corrected chi connectivity index (χ1v) is 9.61. The highest BCUT2D eigenvalue weighted by atomic mass is 32.2. The molecular formula is C16H15N3O3S2. The molecule has 6 nitrogen and oxygen atoms in total. The summed E-state index contributed by atoms with van der Waals surface area (Å²) in [5.41, 5.74) is 2.36. The van der Waals surface area contributed by atoms with Crippen LogP contribution in [0.5, 0.6) is 0 Å². The topological polar surface area (TPSA) is 91.9 Å². The lowest BCUT2D eigenvalue weighted by atomic mass is 10.1. The Morgan fingerprint density at radius 3 is 2.71 bits per heavy atom. The van der Waals surface area contributed by atoms with Gasteiger partial charge in [-0.2, -0.15) is 5.10 Å². The van der Waals surface area contributed by atoms with Crippen LogP contribution in [0.3, 0.4) is 0 Å². The minimum atomic E-state index is -3.67. The Labute approximate surface area is 143 Å². The van der Waals surface area contributed by atoms with Crippen molar-refractivity contribution in [3.05, 3.63) is 63.8 Å². The van der Waals surface area contributed by atoms with Crippen LogP contribution in [0.4, 0.5) is 5.69 Å². The van der Waals surface area contributed by atoms with Crippen molar-refractivity contribution in [1.29, 1.82) is 0 Å². The quantitative estimate of drug-likeness (QED) is 0.731. The molecule has 2 N–H and O–H groups in total. The number of nitrogens with one attached hydrogen (secondary N) is 2. The lowest BCUT2D eigenvalue weighted by Crippen LogP contribution is -2.12. The van der Waals surface area contributed by atoms with Crippen molar-refractivity contribution < 1.29 is 8.42 Å². The van der Waals surface area contributed by atoms with Crippen molar-refractivity contribution in [2.75, 3.05) is 4.72 Å². The number of aromatic nitrogens is 2. The largest absolute Gasteiger partial charge is 0.279 e. The van der Waals surface area contributed by atoms with Crippen LogP contribution in [-0.2, 0) is 16.4 Å². The van der Waals surface area contributed by atoms with E-state index in [0.29, 0.717) is 16.9 Å². The summed E-state index contributed by atoms with van der Waals surface area (Å²) in [6.45, 7) is 1.97. The number of thiophene rings is 1. The molecule has 2 aromatic heterocycles. The zero-order valence-corrected chi connectivity index (χ0v) is 14.4. The predicted molar refractivity (Wildman–Crippen MR) is 94.8 cm³/mol. The van der Waals surface area contributed by atoms with Gasteiger partial charge in [0.1, 0.15) is 4.21 Å². The van der Waals surface area contributed by atoms with Crippen LogP contribution in [0.25, 0.3) is 11.3 Å². The third-order valence-electron chi connectivity index (χ3n) is 3.46. The summed E-state index contributed by atoms with van der Waals surface area (Å²) in [4.78, 5) is 11.1. The van der Waals surface area contributed by atoms with Gasteiger partial charge in [-0.1, -0.05) is 25.1 Å². The minimum Gasteiger partial charge on any atom is -0.279 e. The second kappa shape index (κ2) is 6.58. The van der Waals surface area contributed by atoms with Gasteiger partial charge in [-0.25, -0.2) is 13.5 Å². The third kappa shape index (κ3) is 3.39. The van der Waals surface area contributed by atoms with Gasteiger partial charge in [0.05, 0.1) is 11.4 Å². The van der Waals surface area contributed by atoms with Crippen molar-refractivity contribution in [3.8, 4) is 11.3 Å². The smallest absolute Gasteiger partial charge is 0.271 e. The van der Waals surface area contributed by atoms with Crippen LogP contribution in [0.15, 0.2) is 56.8 Å². The Kier molecular flexibility index (Phi) is 4.50. The molecule has 124 valence electrons. The van der Waals surface area contributed by atoms with E-state index in [-0.39, 0.29) is 9.77 Å². The van der Waals surface area contributed by atoms with Crippen molar-refractivity contribution in [1.82, 2.24) is 10.2 Å². The Morgan fingerprint density at radius 2 is 2.00 bits per heavy atom. The molecule has 2 heterocycles. The molecule has 24 heavy (non-hydrogen) atoms. The highest BCUT2D eigenvalue weighted by molar-refractivity contribution is 7.94. The number of anilines is 1. The average molecular weight is 361 g/mol. The number of para-hydroxylation sites is 1. The third-order valence-corrected chi connectivity index (χ3v) is 6.26. The number of H-pyrrole nitrogens is 1. The Bertz CT molecular complexity index is 1000. The summed E-state index contributed by atoms with van der Waals surface area (Å²) >= 11 is 1.11. The van der Waals surface area contributed by atoms with Gasteiger partial charge in [-0.3, -0.25) is 9.52 Å². The van der Waals surface area contributed by atoms with Crippen molar-refractivity contribution in [2.24, 2.45) is 0 Å². The lowest BCUT2D eigenvalue weighted by Gasteiger charge is -2.10. The van der Waals surface area contributed by atoms with E-state index in [0.717, 1.165) is 23.3 Å². The van der Waals surface area contributed by atoms with Crippen LogP contribution in [0, 0.1) is 0 Å². The summed E-state index contributed by atoms with van der Waals surface area (Å²) in [5, 5.41) is 7.94. The molecule has 0 aliphatic carbocycles. The maximum absolute atomic E-state index is 12.6. The molecule has 0 amide bonds. The van der Waals surface area contributed by atoms with Crippen molar-refractivity contribution in [3.63, 3.8) is 0 Å². The fourth-order valence-corrected chi connectivity index (χ4v) is 4.49. The normalized spacial score (nSPS) is 11.4. The highest BCUT2D eigenvalue weighted by Gasteiger charge is 2.19. The van der Waals surface area contributed by atoms with Gasteiger partial charge in [0.25, 0.3) is 15.6 Å². The number of aromatic amines is 1. The Hall–Kier alpha value is -2.45. The van der Waals surface area contributed by atoms with Gasteiger partial charge >= 0.3 is 0 Å². The van der Waals surface area contributed by atoms with Gasteiger partial charge in [0.2, 0.25) is 0 Å². The number of hydrogen-bond donors (Lipinski definition) is 2. The molecule has 8 heteroatoms. The maximum atomic E-state index is 12.6. The van der Waals surface area contributed by atoms with E-state index in [1.165, 1.54) is 6.07 Å². The fraction of sp³-hybridized carbons (Fsp3) is 0.125.